The van der Waals surface area contributed by atoms with E-state index >= 15 is 0 Å². The lowest BCUT2D eigenvalue weighted by atomic mass is 9.96. The monoisotopic (exact) mass is 302 g/mol. The largest absolute Gasteiger partial charge is 0.450 e. The maximum Gasteiger partial charge on any atom is 0.407 e. The van der Waals surface area contributed by atoms with Crippen molar-refractivity contribution in [3.63, 3.8) is 0 Å². The van der Waals surface area contributed by atoms with Gasteiger partial charge in [0.2, 0.25) is 0 Å². The van der Waals surface area contributed by atoms with Gasteiger partial charge in [-0.25, -0.2) is 9.59 Å². The van der Waals surface area contributed by atoms with Crippen molar-refractivity contribution in [3.05, 3.63) is 12.2 Å². The molecule has 0 saturated heterocycles. The summed E-state index contributed by atoms with van der Waals surface area (Å²) >= 11 is 0. The van der Waals surface area contributed by atoms with Crippen LogP contribution in [-0.2, 0) is 9.47 Å². The van der Waals surface area contributed by atoms with Gasteiger partial charge in [-0.05, 0) is 34.1 Å². The standard InChI is InChI=1S/C14H26N2O5/c1-5-6-10(7-8-20-12(15)18)11(9-17)16-13(19)21-14(2,3)4/h5-6,10-11,17H,7-9H2,1-4H3,(H2,15,18)(H,16,19)/t10-,11-/m1/s1. The van der Waals surface area contributed by atoms with Crippen LogP contribution in [-0.4, -0.2) is 42.1 Å². The summed E-state index contributed by atoms with van der Waals surface area (Å²) in [6.45, 7) is 6.94. The van der Waals surface area contributed by atoms with Crippen molar-refractivity contribution in [3.8, 4) is 0 Å². The fourth-order valence-electron chi connectivity index (χ4n) is 1.72. The Morgan fingerprint density at radius 2 is 2.00 bits per heavy atom. The predicted octanol–water partition coefficient (Wildman–Crippen LogP) is 1.55. The summed E-state index contributed by atoms with van der Waals surface area (Å²) in [5.74, 6) is -0.202. The van der Waals surface area contributed by atoms with Crippen LogP contribution in [0, 0.1) is 5.92 Å². The Morgan fingerprint density at radius 3 is 2.43 bits per heavy atom. The fourth-order valence-corrected chi connectivity index (χ4v) is 1.72. The Bertz CT molecular complexity index is 363. The normalized spacial score (nSPS) is 14.5. The maximum absolute atomic E-state index is 11.7. The average molecular weight is 302 g/mol. The van der Waals surface area contributed by atoms with Crippen molar-refractivity contribution in [2.24, 2.45) is 11.7 Å². The minimum absolute atomic E-state index is 0.108. The van der Waals surface area contributed by atoms with E-state index in [1.807, 2.05) is 13.0 Å². The Labute approximate surface area is 125 Å². The SMILES string of the molecule is CC=C[C@H](CCOC(N)=O)[C@@H](CO)NC(=O)OC(C)(C)C. The smallest absolute Gasteiger partial charge is 0.407 e. The summed E-state index contributed by atoms with van der Waals surface area (Å²) in [5.41, 5.74) is 4.28. The van der Waals surface area contributed by atoms with Gasteiger partial charge in [0.05, 0.1) is 19.3 Å². The third kappa shape index (κ3) is 9.73. The number of rotatable bonds is 7. The minimum atomic E-state index is -0.852. The molecule has 0 heterocycles. The molecule has 0 fully saturated rings. The molecule has 2 atom stereocenters. The van der Waals surface area contributed by atoms with Gasteiger partial charge in [0.15, 0.2) is 0 Å². The number of nitrogens with one attached hydrogen (secondary N) is 1. The van der Waals surface area contributed by atoms with Crippen LogP contribution in [0.25, 0.3) is 0 Å². The second kappa shape index (κ2) is 9.23. The summed E-state index contributed by atoms with van der Waals surface area (Å²) < 4.78 is 9.83. The number of nitrogens with two attached hydrogens (primary N) is 1. The number of amides is 2. The third-order valence-corrected chi connectivity index (χ3v) is 2.55. The van der Waals surface area contributed by atoms with Gasteiger partial charge < -0.3 is 25.6 Å². The first-order chi connectivity index (χ1) is 9.69. The predicted molar refractivity (Wildman–Crippen MR) is 78.7 cm³/mol. The molecule has 0 aromatic carbocycles. The van der Waals surface area contributed by atoms with E-state index in [4.69, 9.17) is 10.5 Å². The lowest BCUT2D eigenvalue weighted by Crippen LogP contribution is -2.45. The minimum Gasteiger partial charge on any atom is -0.450 e. The number of hydrogen-bond acceptors (Lipinski definition) is 5. The Morgan fingerprint density at radius 1 is 1.38 bits per heavy atom. The molecule has 7 nitrogen and oxygen atoms in total. The van der Waals surface area contributed by atoms with Crippen molar-refractivity contribution >= 4 is 12.2 Å². The highest BCUT2D eigenvalue weighted by Crippen LogP contribution is 2.13. The molecular formula is C14H26N2O5. The first kappa shape index (κ1) is 19.2. The van der Waals surface area contributed by atoms with Crippen LogP contribution in [0.3, 0.4) is 0 Å². The molecule has 0 aromatic rings. The quantitative estimate of drug-likeness (QED) is 0.618. The lowest BCUT2D eigenvalue weighted by molar-refractivity contribution is 0.0456. The number of ether oxygens (including phenoxy) is 2. The zero-order valence-electron chi connectivity index (χ0n) is 13.1. The Kier molecular flexibility index (Phi) is 8.45. The Balaban J connectivity index is 4.59. The van der Waals surface area contributed by atoms with E-state index < -0.39 is 23.8 Å². The molecule has 0 aliphatic heterocycles. The van der Waals surface area contributed by atoms with Gasteiger partial charge in [0, 0.05) is 5.92 Å². The summed E-state index contributed by atoms with van der Waals surface area (Å²) in [6, 6.07) is -0.535. The van der Waals surface area contributed by atoms with Gasteiger partial charge in [0.25, 0.3) is 0 Å². The topological polar surface area (TPSA) is 111 Å². The van der Waals surface area contributed by atoms with Crippen LogP contribution >= 0.6 is 0 Å². The first-order valence-electron chi connectivity index (χ1n) is 6.85. The highest BCUT2D eigenvalue weighted by atomic mass is 16.6. The number of carbonyl (C=O) groups is 2. The number of alkyl carbamates (subject to hydrolysis) is 1. The van der Waals surface area contributed by atoms with Gasteiger partial charge in [0.1, 0.15) is 5.60 Å². The number of primary amides is 1. The van der Waals surface area contributed by atoms with E-state index in [1.54, 1.807) is 26.8 Å². The summed E-state index contributed by atoms with van der Waals surface area (Å²) in [5, 5.41) is 12.1. The van der Waals surface area contributed by atoms with Crippen LogP contribution in [0.1, 0.15) is 34.1 Å². The number of aliphatic hydroxyl groups excluding tert-OH is 1. The highest BCUT2D eigenvalue weighted by Gasteiger charge is 2.24. The molecule has 0 rings (SSSR count). The molecule has 0 saturated carbocycles. The van der Waals surface area contributed by atoms with Gasteiger partial charge >= 0.3 is 12.2 Å². The second-order valence-electron chi connectivity index (χ2n) is 5.58. The molecule has 0 spiro atoms. The average Bonchev–Trinajstić information content (AvgIpc) is 2.32. The zero-order chi connectivity index (χ0) is 16.5. The van der Waals surface area contributed by atoms with E-state index in [1.165, 1.54) is 0 Å². The van der Waals surface area contributed by atoms with Crippen LogP contribution < -0.4 is 11.1 Å². The molecule has 0 aliphatic carbocycles. The fraction of sp³-hybridized carbons (Fsp3) is 0.714. The highest BCUT2D eigenvalue weighted by molar-refractivity contribution is 5.68. The van der Waals surface area contributed by atoms with Gasteiger partial charge in [-0.1, -0.05) is 12.2 Å². The maximum atomic E-state index is 11.7. The number of allylic oxidation sites excluding steroid dienone is 1. The van der Waals surface area contributed by atoms with Crippen molar-refractivity contribution in [2.75, 3.05) is 13.2 Å². The summed E-state index contributed by atoms with van der Waals surface area (Å²) in [6.07, 6.45) is 2.59. The molecular weight excluding hydrogens is 276 g/mol. The molecule has 0 unspecified atom stereocenters. The molecule has 122 valence electrons. The molecule has 2 amide bonds. The molecule has 0 aliphatic rings. The van der Waals surface area contributed by atoms with E-state index in [9.17, 15) is 14.7 Å². The molecule has 0 aromatic heterocycles. The number of aliphatic hydroxyl groups is 1. The van der Waals surface area contributed by atoms with E-state index in [2.05, 4.69) is 10.1 Å². The Hall–Kier alpha value is -1.76. The number of carbonyl (C=O) groups excluding carboxylic acids is 2. The summed E-state index contributed by atoms with van der Waals surface area (Å²) in [7, 11) is 0. The van der Waals surface area contributed by atoms with Crippen LogP contribution in [0.4, 0.5) is 9.59 Å². The summed E-state index contributed by atoms with van der Waals surface area (Å²) in [4.78, 5) is 22.3. The molecule has 0 bridgehead atoms. The van der Waals surface area contributed by atoms with Crippen LogP contribution in [0.5, 0.6) is 0 Å². The van der Waals surface area contributed by atoms with Gasteiger partial charge in [-0.3, -0.25) is 0 Å². The first-order valence-corrected chi connectivity index (χ1v) is 6.85. The van der Waals surface area contributed by atoms with Gasteiger partial charge in [-0.2, -0.15) is 0 Å². The van der Waals surface area contributed by atoms with Crippen molar-refractivity contribution < 1.29 is 24.2 Å². The molecule has 7 heteroatoms. The number of hydrogen-bond donors (Lipinski definition) is 3. The van der Waals surface area contributed by atoms with Crippen LogP contribution in [0.2, 0.25) is 0 Å². The lowest BCUT2D eigenvalue weighted by Gasteiger charge is -2.26. The van der Waals surface area contributed by atoms with Gasteiger partial charge in [-0.15, -0.1) is 0 Å². The van der Waals surface area contributed by atoms with Crippen molar-refractivity contribution in [1.29, 1.82) is 0 Å². The van der Waals surface area contributed by atoms with Crippen LogP contribution in [0.15, 0.2) is 12.2 Å². The van der Waals surface area contributed by atoms with Crippen molar-refractivity contribution in [2.45, 2.75) is 45.8 Å². The van der Waals surface area contributed by atoms with Crippen molar-refractivity contribution in [1.82, 2.24) is 5.32 Å². The third-order valence-electron chi connectivity index (χ3n) is 2.55. The van der Waals surface area contributed by atoms with E-state index in [-0.39, 0.29) is 19.1 Å². The molecule has 4 N–H and O–H groups in total. The second-order valence-corrected chi connectivity index (χ2v) is 5.58. The van der Waals surface area contributed by atoms with E-state index in [0.29, 0.717) is 6.42 Å². The molecule has 0 radical (unpaired) electrons. The zero-order valence-corrected chi connectivity index (χ0v) is 13.1. The van der Waals surface area contributed by atoms with E-state index in [0.717, 1.165) is 0 Å². The molecule has 21 heavy (non-hydrogen) atoms.